The molecule has 0 N–H and O–H groups in total. The average Bonchev–Trinajstić information content (AvgIpc) is 2.76. The van der Waals surface area contributed by atoms with Crippen molar-refractivity contribution >= 4 is 34.0 Å². The summed E-state index contributed by atoms with van der Waals surface area (Å²) in [5.41, 5.74) is 0.768. The second-order valence-corrected chi connectivity index (χ2v) is 6.43. The molecule has 0 unspecified atom stereocenters. The number of aromatic nitrogens is 1. The van der Waals surface area contributed by atoms with Crippen molar-refractivity contribution in [3.8, 4) is 0 Å². The molecule has 1 aromatic rings. The van der Waals surface area contributed by atoms with Gasteiger partial charge in [-0.25, -0.2) is 4.98 Å². The number of thioether (sulfide) groups is 1. The normalized spacial score (nSPS) is 21.0. The minimum absolute atomic E-state index is 0.245. The number of carbonyl (C=O) groups is 1. The summed E-state index contributed by atoms with van der Waals surface area (Å²) in [7, 11) is 0. The van der Waals surface area contributed by atoms with E-state index in [2.05, 4.69) is 9.88 Å². The fraction of sp³-hybridized carbons (Fsp3) is 0.636. The molecule has 0 bridgehead atoms. The molecule has 5 heteroatoms. The SMILES string of the molecule is O=C1CCCc2sc(N3CCSCC3)nc21. The molecule has 1 aromatic heterocycles. The van der Waals surface area contributed by atoms with Crippen LogP contribution in [-0.4, -0.2) is 35.4 Å². The van der Waals surface area contributed by atoms with Crippen LogP contribution in [0.4, 0.5) is 5.13 Å². The topological polar surface area (TPSA) is 33.2 Å². The van der Waals surface area contributed by atoms with E-state index in [4.69, 9.17) is 0 Å². The number of hydrogen-bond acceptors (Lipinski definition) is 5. The molecule has 16 heavy (non-hydrogen) atoms. The van der Waals surface area contributed by atoms with Gasteiger partial charge in [0.2, 0.25) is 0 Å². The monoisotopic (exact) mass is 254 g/mol. The number of rotatable bonds is 1. The van der Waals surface area contributed by atoms with Crippen LogP contribution < -0.4 is 4.90 Å². The standard InChI is InChI=1S/C11H14N2OS2/c14-8-2-1-3-9-10(8)12-11(16-9)13-4-6-15-7-5-13/h1-7H2. The zero-order chi connectivity index (χ0) is 11.0. The molecule has 2 heterocycles. The number of nitrogens with zero attached hydrogens (tertiary/aromatic N) is 2. The highest BCUT2D eigenvalue weighted by molar-refractivity contribution is 7.99. The van der Waals surface area contributed by atoms with Gasteiger partial charge in [-0.15, -0.1) is 11.3 Å². The molecule has 0 saturated carbocycles. The number of ketones is 1. The molecule has 0 atom stereocenters. The van der Waals surface area contributed by atoms with Gasteiger partial charge >= 0.3 is 0 Å². The van der Waals surface area contributed by atoms with E-state index in [9.17, 15) is 4.79 Å². The number of anilines is 1. The van der Waals surface area contributed by atoms with E-state index in [1.54, 1.807) is 11.3 Å². The fourth-order valence-electron chi connectivity index (χ4n) is 2.14. The predicted octanol–water partition coefficient (Wildman–Crippen LogP) is 2.22. The van der Waals surface area contributed by atoms with Crippen LogP contribution in [0.5, 0.6) is 0 Å². The molecule has 0 radical (unpaired) electrons. The lowest BCUT2D eigenvalue weighted by atomic mass is 10.0. The summed E-state index contributed by atoms with van der Waals surface area (Å²) in [6, 6.07) is 0. The van der Waals surface area contributed by atoms with Gasteiger partial charge in [0.15, 0.2) is 10.9 Å². The van der Waals surface area contributed by atoms with E-state index >= 15 is 0 Å². The number of thiazole rings is 1. The molecule has 1 saturated heterocycles. The summed E-state index contributed by atoms with van der Waals surface area (Å²) >= 11 is 3.73. The van der Waals surface area contributed by atoms with Crippen LogP contribution in [0.2, 0.25) is 0 Å². The summed E-state index contributed by atoms with van der Waals surface area (Å²) < 4.78 is 0. The first-order valence-corrected chi connectivity index (χ1v) is 7.67. The predicted molar refractivity (Wildman–Crippen MR) is 68.9 cm³/mol. The van der Waals surface area contributed by atoms with E-state index < -0.39 is 0 Å². The van der Waals surface area contributed by atoms with Gasteiger partial charge in [0.25, 0.3) is 0 Å². The molecule has 86 valence electrons. The molecule has 1 aliphatic heterocycles. The summed E-state index contributed by atoms with van der Waals surface area (Å²) in [4.78, 5) is 19.8. The summed E-state index contributed by atoms with van der Waals surface area (Å²) in [5, 5.41) is 1.07. The lowest BCUT2D eigenvalue weighted by molar-refractivity contribution is 0.0968. The Morgan fingerprint density at radius 2 is 2.00 bits per heavy atom. The largest absolute Gasteiger partial charge is 0.346 e. The van der Waals surface area contributed by atoms with Crippen molar-refractivity contribution in [2.75, 3.05) is 29.5 Å². The van der Waals surface area contributed by atoms with Crippen molar-refractivity contribution in [1.29, 1.82) is 0 Å². The van der Waals surface area contributed by atoms with Crippen molar-refractivity contribution in [1.82, 2.24) is 4.98 Å². The van der Waals surface area contributed by atoms with Crippen LogP contribution >= 0.6 is 23.1 Å². The van der Waals surface area contributed by atoms with Gasteiger partial charge in [0.05, 0.1) is 0 Å². The molecule has 0 amide bonds. The Balaban J connectivity index is 1.88. The average molecular weight is 254 g/mol. The molecule has 1 fully saturated rings. The zero-order valence-electron chi connectivity index (χ0n) is 9.07. The smallest absolute Gasteiger partial charge is 0.186 e. The Morgan fingerprint density at radius 1 is 1.19 bits per heavy atom. The molecule has 3 nitrogen and oxygen atoms in total. The number of fused-ring (bicyclic) bond motifs is 1. The Kier molecular flexibility index (Phi) is 2.90. The zero-order valence-corrected chi connectivity index (χ0v) is 10.7. The van der Waals surface area contributed by atoms with Crippen molar-refractivity contribution in [2.45, 2.75) is 19.3 Å². The third-order valence-electron chi connectivity index (χ3n) is 3.04. The molecule has 0 spiro atoms. The number of Topliss-reactive ketones (excluding diaryl/α,β-unsaturated/α-hetero) is 1. The maximum absolute atomic E-state index is 11.7. The van der Waals surface area contributed by atoms with Crippen LogP contribution in [0, 0.1) is 0 Å². The van der Waals surface area contributed by atoms with Crippen molar-refractivity contribution in [3.63, 3.8) is 0 Å². The maximum Gasteiger partial charge on any atom is 0.186 e. The highest BCUT2D eigenvalue weighted by Gasteiger charge is 2.24. The van der Waals surface area contributed by atoms with E-state index in [1.165, 1.54) is 16.4 Å². The number of hydrogen-bond donors (Lipinski definition) is 0. The third-order valence-corrected chi connectivity index (χ3v) is 5.16. The van der Waals surface area contributed by atoms with E-state index in [1.807, 2.05) is 11.8 Å². The Morgan fingerprint density at radius 3 is 2.75 bits per heavy atom. The third kappa shape index (κ3) is 1.86. The highest BCUT2D eigenvalue weighted by atomic mass is 32.2. The molecule has 3 rings (SSSR count). The van der Waals surface area contributed by atoms with Crippen molar-refractivity contribution < 1.29 is 4.79 Å². The van der Waals surface area contributed by atoms with Crippen LogP contribution in [0.1, 0.15) is 28.2 Å². The lowest BCUT2D eigenvalue weighted by Crippen LogP contribution is -2.32. The summed E-state index contributed by atoms with van der Waals surface area (Å²) in [6.45, 7) is 2.15. The first-order chi connectivity index (χ1) is 7.84. The first-order valence-electron chi connectivity index (χ1n) is 5.70. The molecule has 1 aliphatic carbocycles. The van der Waals surface area contributed by atoms with Gasteiger partial charge in [0, 0.05) is 35.9 Å². The van der Waals surface area contributed by atoms with Crippen molar-refractivity contribution in [3.05, 3.63) is 10.6 Å². The fourth-order valence-corrected chi connectivity index (χ4v) is 4.22. The van der Waals surface area contributed by atoms with Crippen LogP contribution in [0.25, 0.3) is 0 Å². The van der Waals surface area contributed by atoms with E-state index in [0.29, 0.717) is 6.42 Å². The Bertz CT molecular complexity index is 410. The minimum Gasteiger partial charge on any atom is -0.346 e. The second-order valence-electron chi connectivity index (χ2n) is 4.14. The van der Waals surface area contributed by atoms with Gasteiger partial charge in [-0.05, 0) is 12.8 Å². The van der Waals surface area contributed by atoms with Crippen LogP contribution in [0.3, 0.4) is 0 Å². The highest BCUT2D eigenvalue weighted by Crippen LogP contribution is 2.32. The quantitative estimate of drug-likeness (QED) is 0.769. The summed E-state index contributed by atoms with van der Waals surface area (Å²) in [5.74, 6) is 2.60. The Labute approximate surface area is 103 Å². The minimum atomic E-state index is 0.245. The molecule has 2 aliphatic rings. The van der Waals surface area contributed by atoms with E-state index in [0.717, 1.165) is 36.8 Å². The first kappa shape index (κ1) is 10.6. The van der Waals surface area contributed by atoms with Gasteiger partial charge in [-0.3, -0.25) is 4.79 Å². The number of aryl methyl sites for hydroxylation is 1. The van der Waals surface area contributed by atoms with Gasteiger partial charge in [-0.1, -0.05) is 0 Å². The van der Waals surface area contributed by atoms with Gasteiger partial charge in [-0.2, -0.15) is 11.8 Å². The van der Waals surface area contributed by atoms with Crippen LogP contribution in [-0.2, 0) is 6.42 Å². The number of carbonyl (C=O) groups excluding carboxylic acids is 1. The van der Waals surface area contributed by atoms with E-state index in [-0.39, 0.29) is 5.78 Å². The van der Waals surface area contributed by atoms with Gasteiger partial charge < -0.3 is 4.90 Å². The molecular formula is C11H14N2OS2. The lowest BCUT2D eigenvalue weighted by Gasteiger charge is -2.25. The maximum atomic E-state index is 11.7. The summed E-state index contributed by atoms with van der Waals surface area (Å²) in [6.07, 6.45) is 2.73. The molecule has 0 aromatic carbocycles. The van der Waals surface area contributed by atoms with Gasteiger partial charge in [0.1, 0.15) is 5.69 Å². The Hall–Kier alpha value is -0.550. The van der Waals surface area contributed by atoms with Crippen molar-refractivity contribution in [2.24, 2.45) is 0 Å². The molecular weight excluding hydrogens is 240 g/mol. The van der Waals surface area contributed by atoms with Crippen LogP contribution in [0.15, 0.2) is 0 Å². The second kappa shape index (κ2) is 4.37.